The SMILES string of the molecule is CCCCCCCCCCCCc1ccccc1S.[NaH]. The Balaban J connectivity index is 0.00000361. The van der Waals surface area contributed by atoms with E-state index in [9.17, 15) is 0 Å². The zero-order chi connectivity index (χ0) is 13.8. The average molecular weight is 303 g/mol. The van der Waals surface area contributed by atoms with Gasteiger partial charge in [0.25, 0.3) is 0 Å². The van der Waals surface area contributed by atoms with Crippen molar-refractivity contribution in [3.05, 3.63) is 29.8 Å². The molecule has 0 saturated carbocycles. The van der Waals surface area contributed by atoms with Crippen molar-refractivity contribution in [2.75, 3.05) is 0 Å². The zero-order valence-electron chi connectivity index (χ0n) is 12.5. The van der Waals surface area contributed by atoms with Crippen molar-refractivity contribution in [2.45, 2.75) is 82.4 Å². The number of hydrogen-bond acceptors (Lipinski definition) is 1. The normalized spacial score (nSPS) is 10.3. The Morgan fingerprint density at radius 2 is 1.25 bits per heavy atom. The molecular weight excluding hydrogens is 271 g/mol. The number of benzene rings is 1. The van der Waals surface area contributed by atoms with Gasteiger partial charge < -0.3 is 0 Å². The van der Waals surface area contributed by atoms with E-state index in [2.05, 4.69) is 43.8 Å². The summed E-state index contributed by atoms with van der Waals surface area (Å²) in [5.41, 5.74) is 1.41. The second-order valence-electron chi connectivity index (χ2n) is 5.56. The van der Waals surface area contributed by atoms with Crippen LogP contribution in [0, 0.1) is 0 Å². The summed E-state index contributed by atoms with van der Waals surface area (Å²) in [4.78, 5) is 1.15. The molecule has 0 aliphatic carbocycles. The molecule has 110 valence electrons. The van der Waals surface area contributed by atoms with E-state index >= 15 is 0 Å². The van der Waals surface area contributed by atoms with Gasteiger partial charge in [0.2, 0.25) is 0 Å². The van der Waals surface area contributed by atoms with Crippen LogP contribution in [-0.4, -0.2) is 29.6 Å². The molecule has 2 heteroatoms. The number of hydrogen-bond donors (Lipinski definition) is 1. The Kier molecular flexibility index (Phi) is 14.9. The summed E-state index contributed by atoms with van der Waals surface area (Å²) in [5.74, 6) is 0. The molecular formula is C18H31NaS. The van der Waals surface area contributed by atoms with Crippen LogP contribution in [-0.2, 0) is 6.42 Å². The quantitative estimate of drug-likeness (QED) is 0.298. The molecule has 0 nitrogen and oxygen atoms in total. The minimum atomic E-state index is 0. The van der Waals surface area contributed by atoms with Crippen molar-refractivity contribution in [3.63, 3.8) is 0 Å². The van der Waals surface area contributed by atoms with Gasteiger partial charge in [0.15, 0.2) is 0 Å². The van der Waals surface area contributed by atoms with Crippen LogP contribution in [0.5, 0.6) is 0 Å². The second kappa shape index (κ2) is 14.5. The topological polar surface area (TPSA) is 0 Å². The molecule has 0 aliphatic rings. The molecule has 0 saturated heterocycles. The van der Waals surface area contributed by atoms with E-state index in [0.717, 1.165) is 4.90 Å². The molecule has 0 aliphatic heterocycles. The van der Waals surface area contributed by atoms with E-state index < -0.39 is 0 Å². The summed E-state index contributed by atoms with van der Waals surface area (Å²) in [6, 6.07) is 8.47. The Morgan fingerprint density at radius 1 is 0.750 bits per heavy atom. The molecule has 20 heavy (non-hydrogen) atoms. The number of thiol groups is 1. The van der Waals surface area contributed by atoms with Crippen LogP contribution < -0.4 is 0 Å². The van der Waals surface area contributed by atoms with E-state index in [1.807, 2.05) is 0 Å². The molecule has 0 unspecified atom stereocenters. The summed E-state index contributed by atoms with van der Waals surface area (Å²) in [6.07, 6.45) is 15.2. The van der Waals surface area contributed by atoms with Gasteiger partial charge in [0.1, 0.15) is 0 Å². The molecule has 0 fully saturated rings. The van der Waals surface area contributed by atoms with Gasteiger partial charge in [-0.1, -0.05) is 82.9 Å². The molecule has 0 atom stereocenters. The van der Waals surface area contributed by atoms with Crippen LogP contribution in [0.25, 0.3) is 0 Å². The predicted molar refractivity (Wildman–Crippen MR) is 96.4 cm³/mol. The van der Waals surface area contributed by atoms with E-state index in [-0.39, 0.29) is 29.6 Å². The molecule has 0 bridgehead atoms. The van der Waals surface area contributed by atoms with Crippen molar-refractivity contribution in [1.29, 1.82) is 0 Å². The molecule has 0 heterocycles. The van der Waals surface area contributed by atoms with Crippen molar-refractivity contribution in [2.24, 2.45) is 0 Å². The minimum absolute atomic E-state index is 0. The molecule has 1 aromatic carbocycles. The molecule has 1 rings (SSSR count). The first kappa shape index (κ1) is 20.6. The van der Waals surface area contributed by atoms with Crippen molar-refractivity contribution in [1.82, 2.24) is 0 Å². The summed E-state index contributed by atoms with van der Waals surface area (Å²) in [7, 11) is 0. The fourth-order valence-electron chi connectivity index (χ4n) is 2.53. The van der Waals surface area contributed by atoms with Gasteiger partial charge in [-0.05, 0) is 24.5 Å². The Hall–Kier alpha value is 0.570. The van der Waals surface area contributed by atoms with Gasteiger partial charge >= 0.3 is 29.6 Å². The maximum atomic E-state index is 4.50. The van der Waals surface area contributed by atoms with E-state index in [1.54, 1.807) is 0 Å². The molecule has 0 spiro atoms. The molecule has 0 radical (unpaired) electrons. The molecule has 0 amide bonds. The van der Waals surface area contributed by atoms with Crippen molar-refractivity contribution in [3.8, 4) is 0 Å². The Morgan fingerprint density at radius 3 is 1.80 bits per heavy atom. The van der Waals surface area contributed by atoms with Crippen LogP contribution in [0.15, 0.2) is 29.2 Å². The summed E-state index contributed by atoms with van der Waals surface area (Å²) < 4.78 is 0. The van der Waals surface area contributed by atoms with Gasteiger partial charge in [-0.2, -0.15) is 0 Å². The average Bonchev–Trinajstić information content (AvgIpc) is 2.43. The predicted octanol–water partition coefficient (Wildman–Crippen LogP) is 5.79. The summed E-state index contributed by atoms with van der Waals surface area (Å²) >= 11 is 4.50. The molecule has 1 aromatic rings. The summed E-state index contributed by atoms with van der Waals surface area (Å²) in [5, 5.41) is 0. The van der Waals surface area contributed by atoms with Gasteiger partial charge in [0.05, 0.1) is 0 Å². The van der Waals surface area contributed by atoms with Crippen LogP contribution in [0.1, 0.15) is 76.7 Å². The monoisotopic (exact) mass is 302 g/mol. The Labute approximate surface area is 153 Å². The van der Waals surface area contributed by atoms with Crippen molar-refractivity contribution < 1.29 is 0 Å². The third-order valence-corrected chi connectivity index (χ3v) is 4.23. The van der Waals surface area contributed by atoms with Crippen LogP contribution in [0.4, 0.5) is 0 Å². The number of rotatable bonds is 11. The first-order chi connectivity index (χ1) is 9.34. The zero-order valence-corrected chi connectivity index (χ0v) is 13.4. The van der Waals surface area contributed by atoms with Gasteiger partial charge in [-0.25, -0.2) is 0 Å². The van der Waals surface area contributed by atoms with E-state index in [1.165, 1.54) is 76.2 Å². The van der Waals surface area contributed by atoms with Crippen LogP contribution in [0.3, 0.4) is 0 Å². The number of aryl methyl sites for hydroxylation is 1. The second-order valence-corrected chi connectivity index (χ2v) is 6.04. The van der Waals surface area contributed by atoms with Gasteiger partial charge in [0, 0.05) is 4.90 Å². The maximum absolute atomic E-state index is 4.50. The van der Waals surface area contributed by atoms with Crippen molar-refractivity contribution >= 4 is 42.2 Å². The third-order valence-electron chi connectivity index (χ3n) is 3.79. The Bertz CT molecular complexity index is 325. The fourth-order valence-corrected chi connectivity index (χ4v) is 2.80. The first-order valence-corrected chi connectivity index (χ1v) is 8.56. The van der Waals surface area contributed by atoms with Gasteiger partial charge in [-0.15, -0.1) is 12.6 Å². The van der Waals surface area contributed by atoms with Crippen LogP contribution in [0.2, 0.25) is 0 Å². The number of unbranched alkanes of at least 4 members (excludes halogenated alkanes) is 9. The molecule has 0 N–H and O–H groups in total. The standard InChI is InChI=1S/C18H30S.Na.H/c1-2-3-4-5-6-7-8-9-10-11-14-17-15-12-13-16-18(17)19;;/h12-13,15-16,19H,2-11,14H2,1H3;;. The van der Waals surface area contributed by atoms with Crippen LogP contribution >= 0.6 is 12.6 Å². The fraction of sp³-hybridized carbons (Fsp3) is 0.667. The van der Waals surface area contributed by atoms with E-state index in [0.29, 0.717) is 0 Å². The summed E-state index contributed by atoms with van der Waals surface area (Å²) in [6.45, 7) is 2.28. The first-order valence-electron chi connectivity index (χ1n) is 8.11. The van der Waals surface area contributed by atoms with E-state index in [4.69, 9.17) is 0 Å². The van der Waals surface area contributed by atoms with Gasteiger partial charge in [-0.3, -0.25) is 0 Å². The third kappa shape index (κ3) is 10.3. The molecule has 0 aromatic heterocycles.